The maximum atomic E-state index is 12.6. The van der Waals surface area contributed by atoms with Gasteiger partial charge in [0.1, 0.15) is 5.75 Å². The number of rotatable bonds is 6. The molecule has 144 valence electrons. The summed E-state index contributed by atoms with van der Waals surface area (Å²) in [5.74, 6) is 1.83. The molecule has 0 spiro atoms. The molecule has 1 aliphatic rings. The van der Waals surface area contributed by atoms with Crippen LogP contribution in [0.5, 0.6) is 5.75 Å². The van der Waals surface area contributed by atoms with E-state index < -0.39 is 0 Å². The van der Waals surface area contributed by atoms with E-state index >= 15 is 0 Å². The molecule has 1 saturated heterocycles. The Kier molecular flexibility index (Phi) is 5.10. The Morgan fingerprint density at radius 3 is 2.68 bits per heavy atom. The number of carbonyl (C=O) groups is 1. The Balaban J connectivity index is 1.52. The van der Waals surface area contributed by atoms with Gasteiger partial charge in [0.2, 0.25) is 17.6 Å². The number of amides is 1. The van der Waals surface area contributed by atoms with Crippen molar-refractivity contribution in [1.82, 2.24) is 10.1 Å². The fraction of sp³-hybridized carbons (Fsp3) is 0.318. The van der Waals surface area contributed by atoms with Crippen molar-refractivity contribution in [3.63, 3.8) is 0 Å². The predicted molar refractivity (Wildman–Crippen MR) is 106 cm³/mol. The van der Waals surface area contributed by atoms with Crippen LogP contribution in [-0.2, 0) is 11.2 Å². The minimum Gasteiger partial charge on any atom is -0.494 e. The number of hydrogen-bond donors (Lipinski definition) is 0. The highest BCUT2D eigenvalue weighted by molar-refractivity contribution is 5.97. The van der Waals surface area contributed by atoms with Crippen LogP contribution < -0.4 is 9.64 Å². The van der Waals surface area contributed by atoms with Crippen molar-refractivity contribution in [2.24, 2.45) is 0 Å². The van der Waals surface area contributed by atoms with Crippen molar-refractivity contribution >= 4 is 11.6 Å². The van der Waals surface area contributed by atoms with E-state index in [1.807, 2.05) is 54.3 Å². The molecular weight excluding hydrogens is 354 g/mol. The highest BCUT2D eigenvalue weighted by Gasteiger charge is 2.35. The molecule has 6 nitrogen and oxygen atoms in total. The van der Waals surface area contributed by atoms with E-state index in [4.69, 9.17) is 9.26 Å². The minimum absolute atomic E-state index is 0.0896. The molecule has 0 bridgehead atoms. The fourth-order valence-corrected chi connectivity index (χ4v) is 3.56. The molecule has 0 saturated carbocycles. The van der Waals surface area contributed by atoms with Crippen molar-refractivity contribution in [2.75, 3.05) is 18.1 Å². The molecule has 1 fully saturated rings. The SMILES string of the molecule is CCOc1ccc(-c2noc(C3CC(=O)N(c4ccccc4CC)C3)n2)cc1. The molecule has 1 unspecified atom stereocenters. The lowest BCUT2D eigenvalue weighted by atomic mass is 10.1. The summed E-state index contributed by atoms with van der Waals surface area (Å²) in [5.41, 5.74) is 3.00. The van der Waals surface area contributed by atoms with Crippen LogP contribution in [0.4, 0.5) is 5.69 Å². The lowest BCUT2D eigenvalue weighted by Gasteiger charge is -2.19. The Labute approximate surface area is 164 Å². The summed E-state index contributed by atoms with van der Waals surface area (Å²) in [7, 11) is 0. The monoisotopic (exact) mass is 377 g/mol. The predicted octanol–water partition coefficient (Wildman–Crippen LogP) is 4.22. The Hall–Kier alpha value is -3.15. The second-order valence-corrected chi connectivity index (χ2v) is 6.80. The summed E-state index contributed by atoms with van der Waals surface area (Å²) in [6.07, 6.45) is 1.26. The number of anilines is 1. The molecule has 28 heavy (non-hydrogen) atoms. The van der Waals surface area contributed by atoms with Gasteiger partial charge in [-0.1, -0.05) is 30.3 Å². The van der Waals surface area contributed by atoms with Gasteiger partial charge in [-0.3, -0.25) is 4.79 Å². The first kappa shape index (κ1) is 18.2. The number of ether oxygens (including phenoxy) is 1. The first-order valence-electron chi connectivity index (χ1n) is 9.64. The number of benzene rings is 2. The summed E-state index contributed by atoms with van der Waals surface area (Å²) in [5, 5.41) is 4.11. The van der Waals surface area contributed by atoms with Crippen LogP contribution in [0.3, 0.4) is 0 Å². The van der Waals surface area contributed by atoms with Gasteiger partial charge < -0.3 is 14.2 Å². The number of aryl methyl sites for hydroxylation is 1. The second-order valence-electron chi connectivity index (χ2n) is 6.80. The van der Waals surface area contributed by atoms with Crippen LogP contribution in [-0.4, -0.2) is 29.2 Å². The molecular formula is C22H23N3O3. The Morgan fingerprint density at radius 1 is 1.14 bits per heavy atom. The van der Waals surface area contributed by atoms with Gasteiger partial charge in [0.15, 0.2) is 0 Å². The largest absolute Gasteiger partial charge is 0.494 e. The number of carbonyl (C=O) groups excluding carboxylic acids is 1. The van der Waals surface area contributed by atoms with Crippen molar-refractivity contribution < 1.29 is 14.1 Å². The maximum absolute atomic E-state index is 12.6. The van der Waals surface area contributed by atoms with Crippen LogP contribution in [0.1, 0.15) is 37.6 Å². The number of aromatic nitrogens is 2. The van der Waals surface area contributed by atoms with Crippen molar-refractivity contribution in [3.05, 3.63) is 60.0 Å². The first-order valence-corrected chi connectivity index (χ1v) is 9.64. The summed E-state index contributed by atoms with van der Waals surface area (Å²) < 4.78 is 11.0. The molecule has 0 radical (unpaired) electrons. The molecule has 4 rings (SSSR count). The first-order chi connectivity index (χ1) is 13.7. The van der Waals surface area contributed by atoms with Gasteiger partial charge in [0.05, 0.1) is 12.5 Å². The van der Waals surface area contributed by atoms with Crippen LogP contribution in [0.25, 0.3) is 11.4 Å². The lowest BCUT2D eigenvalue weighted by Crippen LogP contribution is -2.25. The van der Waals surface area contributed by atoms with Gasteiger partial charge in [-0.15, -0.1) is 0 Å². The van der Waals surface area contributed by atoms with Gasteiger partial charge in [-0.2, -0.15) is 4.98 Å². The van der Waals surface area contributed by atoms with Crippen molar-refractivity contribution in [1.29, 1.82) is 0 Å². The van der Waals surface area contributed by atoms with Crippen LogP contribution >= 0.6 is 0 Å². The molecule has 2 aromatic carbocycles. The van der Waals surface area contributed by atoms with Gasteiger partial charge >= 0.3 is 0 Å². The quantitative estimate of drug-likeness (QED) is 0.643. The van der Waals surface area contributed by atoms with E-state index in [9.17, 15) is 4.79 Å². The number of para-hydroxylation sites is 1. The maximum Gasteiger partial charge on any atom is 0.232 e. The third kappa shape index (κ3) is 3.50. The highest BCUT2D eigenvalue weighted by Crippen LogP contribution is 2.33. The zero-order valence-electron chi connectivity index (χ0n) is 16.1. The molecule has 3 aromatic rings. The molecule has 0 aliphatic carbocycles. The summed E-state index contributed by atoms with van der Waals surface area (Å²) >= 11 is 0. The zero-order chi connectivity index (χ0) is 19.5. The van der Waals surface area contributed by atoms with E-state index in [0.717, 1.165) is 29.0 Å². The van der Waals surface area contributed by atoms with E-state index in [1.165, 1.54) is 0 Å². The molecule has 2 heterocycles. The third-order valence-corrected chi connectivity index (χ3v) is 5.00. The lowest BCUT2D eigenvalue weighted by molar-refractivity contribution is -0.117. The van der Waals surface area contributed by atoms with E-state index in [2.05, 4.69) is 23.1 Å². The topological polar surface area (TPSA) is 68.5 Å². The molecule has 1 aliphatic heterocycles. The van der Waals surface area contributed by atoms with Crippen LogP contribution in [0, 0.1) is 0 Å². The molecule has 1 atom stereocenters. The van der Waals surface area contributed by atoms with Crippen LogP contribution in [0.2, 0.25) is 0 Å². The van der Waals surface area contributed by atoms with Gasteiger partial charge in [-0.25, -0.2) is 0 Å². The van der Waals surface area contributed by atoms with E-state index in [0.29, 0.717) is 31.3 Å². The van der Waals surface area contributed by atoms with Gasteiger partial charge in [-0.05, 0) is 49.2 Å². The van der Waals surface area contributed by atoms with Crippen LogP contribution in [0.15, 0.2) is 53.1 Å². The van der Waals surface area contributed by atoms with E-state index in [-0.39, 0.29) is 11.8 Å². The zero-order valence-corrected chi connectivity index (χ0v) is 16.1. The summed E-state index contributed by atoms with van der Waals surface area (Å²) in [6.45, 7) is 5.22. The van der Waals surface area contributed by atoms with Gasteiger partial charge in [0, 0.05) is 24.2 Å². The Morgan fingerprint density at radius 2 is 1.93 bits per heavy atom. The standard InChI is InChI=1S/C22H23N3O3/c1-3-15-7-5-6-8-19(15)25-14-17(13-20(25)26)22-23-21(24-28-22)16-9-11-18(12-10-16)27-4-2/h5-12,17H,3-4,13-14H2,1-2H3. The Bertz CT molecular complexity index is 965. The second kappa shape index (κ2) is 7.84. The summed E-state index contributed by atoms with van der Waals surface area (Å²) in [6, 6.07) is 15.6. The third-order valence-electron chi connectivity index (χ3n) is 5.00. The van der Waals surface area contributed by atoms with E-state index in [1.54, 1.807) is 0 Å². The average Bonchev–Trinajstić information content (AvgIpc) is 3.36. The number of hydrogen-bond acceptors (Lipinski definition) is 5. The molecule has 1 amide bonds. The number of nitrogens with zero attached hydrogens (tertiary/aromatic N) is 3. The van der Waals surface area contributed by atoms with Gasteiger partial charge in [0.25, 0.3) is 0 Å². The molecule has 1 aromatic heterocycles. The summed E-state index contributed by atoms with van der Waals surface area (Å²) in [4.78, 5) is 19.0. The fourth-order valence-electron chi connectivity index (χ4n) is 3.56. The van der Waals surface area contributed by atoms with Crippen molar-refractivity contribution in [2.45, 2.75) is 32.6 Å². The smallest absolute Gasteiger partial charge is 0.232 e. The normalized spacial score (nSPS) is 16.6. The average molecular weight is 377 g/mol. The van der Waals surface area contributed by atoms with Crippen molar-refractivity contribution in [3.8, 4) is 17.1 Å². The molecule has 0 N–H and O–H groups in total. The molecule has 6 heteroatoms. The highest BCUT2D eigenvalue weighted by atomic mass is 16.5. The minimum atomic E-state index is -0.0960.